The molecule has 2 fully saturated rings. The number of benzene rings is 1. The van der Waals surface area contributed by atoms with Crippen LogP contribution in [0.1, 0.15) is 65.0 Å². The molecule has 2 aliphatic rings. The van der Waals surface area contributed by atoms with Crippen LogP contribution in [0.3, 0.4) is 0 Å². The fourth-order valence-corrected chi connectivity index (χ4v) is 4.22. The molecule has 138 valence electrons. The molecule has 0 bridgehead atoms. The van der Waals surface area contributed by atoms with E-state index in [4.69, 9.17) is 20.9 Å². The molecule has 3 rings (SSSR count). The Morgan fingerprint density at radius 2 is 1.56 bits per heavy atom. The van der Waals surface area contributed by atoms with Crippen LogP contribution in [0.5, 0.6) is 0 Å². The molecule has 0 N–H and O–H groups in total. The zero-order valence-corrected chi connectivity index (χ0v) is 16.6. The van der Waals surface area contributed by atoms with Crippen LogP contribution in [0.15, 0.2) is 12.1 Å². The van der Waals surface area contributed by atoms with Crippen molar-refractivity contribution in [2.24, 2.45) is 0 Å². The minimum atomic E-state index is -2.61. The standard InChI is InChI=1S/C19H26BClF2O2/c1-12-9-13(18(6)7-8-19(22,23)11-18)15(21)10-14(12)20-24-16(2,3)17(4,5)25-20/h9-10H,7-8,11H2,1-6H3. The van der Waals surface area contributed by atoms with Gasteiger partial charge in [-0.15, -0.1) is 0 Å². The van der Waals surface area contributed by atoms with Crippen LogP contribution in [0.25, 0.3) is 0 Å². The first-order chi connectivity index (χ1) is 11.3. The van der Waals surface area contributed by atoms with Gasteiger partial charge in [0, 0.05) is 17.9 Å². The van der Waals surface area contributed by atoms with Crippen LogP contribution in [-0.4, -0.2) is 24.2 Å². The van der Waals surface area contributed by atoms with Crippen LogP contribution >= 0.6 is 11.6 Å². The van der Waals surface area contributed by atoms with Gasteiger partial charge < -0.3 is 9.31 Å². The number of aryl methyl sites for hydroxylation is 1. The molecule has 0 amide bonds. The Hall–Kier alpha value is -0.645. The summed E-state index contributed by atoms with van der Waals surface area (Å²) in [6, 6.07) is 3.76. The zero-order valence-electron chi connectivity index (χ0n) is 15.8. The van der Waals surface area contributed by atoms with Gasteiger partial charge >= 0.3 is 7.12 Å². The summed E-state index contributed by atoms with van der Waals surface area (Å²) < 4.78 is 39.8. The summed E-state index contributed by atoms with van der Waals surface area (Å²) in [4.78, 5) is 0. The molecule has 1 aromatic carbocycles. The smallest absolute Gasteiger partial charge is 0.399 e. The van der Waals surface area contributed by atoms with E-state index in [1.165, 1.54) is 0 Å². The third kappa shape index (κ3) is 3.24. The van der Waals surface area contributed by atoms with Gasteiger partial charge in [0.2, 0.25) is 5.92 Å². The SMILES string of the molecule is Cc1cc(C2(C)CCC(F)(F)C2)c(Cl)cc1B1OC(C)(C)C(C)(C)O1. The summed E-state index contributed by atoms with van der Waals surface area (Å²) in [6.07, 6.45) is 0.196. The lowest BCUT2D eigenvalue weighted by molar-refractivity contribution is 0.00356. The third-order valence-corrected chi connectivity index (χ3v) is 6.52. The third-order valence-electron chi connectivity index (χ3n) is 6.20. The fraction of sp³-hybridized carbons (Fsp3) is 0.684. The van der Waals surface area contributed by atoms with Crippen molar-refractivity contribution in [2.75, 3.05) is 0 Å². The molecule has 1 saturated heterocycles. The minimum absolute atomic E-state index is 0.0855. The Balaban J connectivity index is 1.95. The summed E-state index contributed by atoms with van der Waals surface area (Å²) in [5.74, 6) is -2.61. The van der Waals surface area contributed by atoms with E-state index in [2.05, 4.69) is 0 Å². The molecular formula is C19H26BClF2O2. The van der Waals surface area contributed by atoms with Gasteiger partial charge in [-0.2, -0.15) is 0 Å². The van der Waals surface area contributed by atoms with Gasteiger partial charge in [0.1, 0.15) is 0 Å². The van der Waals surface area contributed by atoms with Gasteiger partial charge in [0.25, 0.3) is 0 Å². The highest BCUT2D eigenvalue weighted by atomic mass is 35.5. The number of hydrogen-bond acceptors (Lipinski definition) is 2. The first kappa shape index (κ1) is 19.1. The van der Waals surface area contributed by atoms with Crippen molar-refractivity contribution in [3.8, 4) is 0 Å². The fourth-order valence-electron chi connectivity index (χ4n) is 3.82. The van der Waals surface area contributed by atoms with E-state index in [1.807, 2.05) is 53.7 Å². The molecule has 1 saturated carbocycles. The van der Waals surface area contributed by atoms with E-state index < -0.39 is 29.7 Å². The zero-order chi connectivity index (χ0) is 18.8. The topological polar surface area (TPSA) is 18.5 Å². The molecule has 1 aliphatic carbocycles. The summed E-state index contributed by atoms with van der Waals surface area (Å²) in [7, 11) is -0.505. The highest BCUT2D eigenvalue weighted by Crippen LogP contribution is 2.50. The van der Waals surface area contributed by atoms with E-state index in [1.54, 1.807) is 0 Å². The van der Waals surface area contributed by atoms with Crippen molar-refractivity contribution in [3.63, 3.8) is 0 Å². The maximum atomic E-state index is 13.8. The maximum Gasteiger partial charge on any atom is 0.495 e. The molecule has 0 spiro atoms. The number of alkyl halides is 2. The molecule has 0 radical (unpaired) electrons. The Labute approximate surface area is 154 Å². The van der Waals surface area contributed by atoms with Crippen LogP contribution in [0.4, 0.5) is 8.78 Å². The Kier molecular flexibility index (Phi) is 4.34. The average molecular weight is 371 g/mol. The summed E-state index contributed by atoms with van der Waals surface area (Å²) in [5.41, 5.74) is 1.14. The average Bonchev–Trinajstić information content (AvgIpc) is 2.85. The van der Waals surface area contributed by atoms with Crippen molar-refractivity contribution >= 4 is 24.2 Å². The molecule has 6 heteroatoms. The molecule has 1 aliphatic heterocycles. The number of halogens is 3. The molecule has 1 aromatic rings. The molecule has 0 aromatic heterocycles. The molecule has 1 atom stereocenters. The largest absolute Gasteiger partial charge is 0.495 e. The summed E-state index contributed by atoms with van der Waals surface area (Å²) >= 11 is 6.53. The Morgan fingerprint density at radius 3 is 2.04 bits per heavy atom. The van der Waals surface area contributed by atoms with Gasteiger partial charge in [0.05, 0.1) is 11.2 Å². The second-order valence-corrected chi connectivity index (χ2v) is 9.28. The van der Waals surface area contributed by atoms with Crippen molar-refractivity contribution in [1.82, 2.24) is 0 Å². The quantitative estimate of drug-likeness (QED) is 0.680. The van der Waals surface area contributed by atoms with E-state index in [0.717, 1.165) is 16.6 Å². The molecular weight excluding hydrogens is 344 g/mol. The lowest BCUT2D eigenvalue weighted by atomic mass is 9.72. The van der Waals surface area contributed by atoms with E-state index in [0.29, 0.717) is 11.4 Å². The second kappa shape index (κ2) is 5.67. The van der Waals surface area contributed by atoms with E-state index >= 15 is 0 Å². The molecule has 1 heterocycles. The van der Waals surface area contributed by atoms with Gasteiger partial charge in [-0.25, -0.2) is 8.78 Å². The van der Waals surface area contributed by atoms with Crippen molar-refractivity contribution < 1.29 is 18.1 Å². The van der Waals surface area contributed by atoms with E-state index in [9.17, 15) is 8.78 Å². The maximum absolute atomic E-state index is 13.8. The number of rotatable bonds is 2. The Bertz CT molecular complexity index is 689. The van der Waals surface area contributed by atoms with Crippen LogP contribution in [0, 0.1) is 6.92 Å². The van der Waals surface area contributed by atoms with E-state index in [-0.39, 0.29) is 12.8 Å². The normalized spacial score (nSPS) is 30.0. The lowest BCUT2D eigenvalue weighted by Gasteiger charge is -2.32. The first-order valence-corrected chi connectivity index (χ1v) is 9.18. The second-order valence-electron chi connectivity index (χ2n) is 8.87. The van der Waals surface area contributed by atoms with Crippen molar-refractivity contribution in [2.45, 2.75) is 83.3 Å². The van der Waals surface area contributed by atoms with Gasteiger partial charge in [-0.05, 0) is 63.5 Å². The first-order valence-electron chi connectivity index (χ1n) is 8.80. The lowest BCUT2D eigenvalue weighted by Crippen LogP contribution is -2.41. The monoisotopic (exact) mass is 370 g/mol. The van der Waals surface area contributed by atoms with Crippen LogP contribution < -0.4 is 5.46 Å². The highest BCUT2D eigenvalue weighted by Gasteiger charge is 2.53. The van der Waals surface area contributed by atoms with Crippen LogP contribution in [-0.2, 0) is 14.7 Å². The Morgan fingerprint density at radius 1 is 1.00 bits per heavy atom. The van der Waals surface area contributed by atoms with Crippen molar-refractivity contribution in [3.05, 3.63) is 28.3 Å². The predicted octanol–water partition coefficient (Wildman–Crippen LogP) is 5.02. The van der Waals surface area contributed by atoms with Crippen LogP contribution in [0.2, 0.25) is 5.02 Å². The molecule has 1 unspecified atom stereocenters. The summed E-state index contributed by atoms with van der Waals surface area (Å²) in [6.45, 7) is 11.8. The molecule has 2 nitrogen and oxygen atoms in total. The highest BCUT2D eigenvalue weighted by molar-refractivity contribution is 6.63. The molecule has 25 heavy (non-hydrogen) atoms. The van der Waals surface area contributed by atoms with Crippen molar-refractivity contribution in [1.29, 1.82) is 0 Å². The van der Waals surface area contributed by atoms with Gasteiger partial charge in [-0.3, -0.25) is 0 Å². The number of hydrogen-bond donors (Lipinski definition) is 0. The van der Waals surface area contributed by atoms with Gasteiger partial charge in [-0.1, -0.05) is 30.2 Å². The summed E-state index contributed by atoms with van der Waals surface area (Å²) in [5, 5.41) is 0.510. The predicted molar refractivity (Wildman–Crippen MR) is 98.1 cm³/mol. The van der Waals surface area contributed by atoms with Gasteiger partial charge in [0.15, 0.2) is 0 Å². The minimum Gasteiger partial charge on any atom is -0.399 e.